The lowest BCUT2D eigenvalue weighted by atomic mass is 10.0. The molecular weight excluding hydrogens is 554 g/mol. The zero-order valence-corrected chi connectivity index (χ0v) is 24.3. The van der Waals surface area contributed by atoms with Gasteiger partial charge in [-0.05, 0) is 49.8 Å². The van der Waals surface area contributed by atoms with Gasteiger partial charge in [-0.25, -0.2) is 23.2 Å². The Labute approximate surface area is 244 Å². The molecule has 0 aromatic heterocycles. The molecule has 3 N–H and O–H groups in total. The second-order valence-corrected chi connectivity index (χ2v) is 10.9. The molecule has 1 heterocycles. The van der Waals surface area contributed by atoms with E-state index in [-0.39, 0.29) is 17.9 Å². The summed E-state index contributed by atoms with van der Waals surface area (Å²) in [6.07, 6.45) is 4.81. The number of urea groups is 1. The molecule has 0 radical (unpaired) electrons. The molecule has 1 aromatic rings. The predicted octanol–water partition coefficient (Wildman–Crippen LogP) is 2.36. The van der Waals surface area contributed by atoms with Gasteiger partial charge in [0.25, 0.3) is 0 Å². The average Bonchev–Trinajstić information content (AvgIpc) is 3.63. The van der Waals surface area contributed by atoms with Gasteiger partial charge in [-0.15, -0.1) is 0 Å². The molecule has 1 saturated carbocycles. The summed E-state index contributed by atoms with van der Waals surface area (Å²) in [7, 11) is 1.09. The van der Waals surface area contributed by atoms with E-state index in [4.69, 9.17) is 9.47 Å². The minimum absolute atomic E-state index is 0.0959. The molecule has 1 saturated heterocycles. The van der Waals surface area contributed by atoms with Gasteiger partial charge in [0.2, 0.25) is 11.8 Å². The number of benzene rings is 1. The molecule has 1 unspecified atom stereocenters. The average molecular weight is 595 g/mol. The standard InChI is InChI=1S/C29H40F2N4O7/c1-17(42-27(38)24-9-6-12-35(24)18(2)36)25(28(39)41-3)34-26(37)23(15-20-13-21(30)16-22(31)14-20)33-29(40)32-11-10-19-7-4-5-8-19/h13-14,16-17,19,23-25H,4-12,15H2,1-3H3,(H,34,37)(H2,32,33,40)/t17-,23-,24?,25-/m0/s1. The second kappa shape index (κ2) is 15.5. The van der Waals surface area contributed by atoms with Crippen LogP contribution in [0.15, 0.2) is 18.2 Å². The SMILES string of the molecule is COC(=O)[C@@H](NC(=O)[C@H](Cc1cc(F)cc(F)c1)NC(=O)NCCC1CCCC1)[C@H](C)OC(=O)C1CCCN1C(C)=O. The fraction of sp³-hybridized carbons (Fsp3) is 0.621. The maximum atomic E-state index is 13.9. The van der Waals surface area contributed by atoms with Crippen LogP contribution in [0.1, 0.15) is 64.4 Å². The molecule has 0 spiro atoms. The Bertz CT molecular complexity index is 1120. The first-order chi connectivity index (χ1) is 20.0. The summed E-state index contributed by atoms with van der Waals surface area (Å²) in [6, 6.07) is -1.55. The third-order valence-corrected chi connectivity index (χ3v) is 7.75. The molecule has 3 rings (SSSR count). The molecule has 11 nitrogen and oxygen atoms in total. The van der Waals surface area contributed by atoms with E-state index < -0.39 is 59.7 Å². The lowest BCUT2D eigenvalue weighted by molar-refractivity contribution is -0.163. The zero-order chi connectivity index (χ0) is 30.8. The number of hydrogen-bond donors (Lipinski definition) is 3. The Kier molecular flexibility index (Phi) is 12.0. The Hall–Kier alpha value is -3.77. The largest absolute Gasteiger partial charge is 0.467 e. The number of carbonyl (C=O) groups is 5. The summed E-state index contributed by atoms with van der Waals surface area (Å²) in [4.78, 5) is 64.8. The van der Waals surface area contributed by atoms with E-state index in [9.17, 15) is 32.8 Å². The van der Waals surface area contributed by atoms with Crippen molar-refractivity contribution < 1.29 is 42.2 Å². The summed E-state index contributed by atoms with van der Waals surface area (Å²) in [5.41, 5.74) is 0.0959. The van der Waals surface area contributed by atoms with Crippen molar-refractivity contribution in [2.45, 2.75) is 89.4 Å². The first-order valence-corrected chi connectivity index (χ1v) is 14.3. The Balaban J connectivity index is 1.71. The van der Waals surface area contributed by atoms with E-state index >= 15 is 0 Å². The molecule has 13 heteroatoms. The second-order valence-electron chi connectivity index (χ2n) is 10.9. The van der Waals surface area contributed by atoms with Crippen LogP contribution in [0.3, 0.4) is 0 Å². The number of nitrogens with zero attached hydrogens (tertiary/aromatic N) is 1. The summed E-state index contributed by atoms with van der Waals surface area (Å²) >= 11 is 0. The normalized spacial score (nSPS) is 19.0. The third-order valence-electron chi connectivity index (χ3n) is 7.75. The van der Waals surface area contributed by atoms with Gasteiger partial charge in [-0.2, -0.15) is 0 Å². The van der Waals surface area contributed by atoms with Crippen molar-refractivity contribution in [2.75, 3.05) is 20.2 Å². The maximum absolute atomic E-state index is 13.9. The van der Waals surface area contributed by atoms with Gasteiger partial charge in [0, 0.05) is 32.5 Å². The number of nitrogens with one attached hydrogen (secondary N) is 3. The molecule has 4 amide bonds. The number of esters is 2. The smallest absolute Gasteiger partial charge is 0.332 e. The van der Waals surface area contributed by atoms with Crippen molar-refractivity contribution in [3.63, 3.8) is 0 Å². The molecule has 1 aliphatic heterocycles. The van der Waals surface area contributed by atoms with Crippen LogP contribution in [0.25, 0.3) is 0 Å². The van der Waals surface area contributed by atoms with Gasteiger partial charge in [0.15, 0.2) is 6.04 Å². The maximum Gasteiger partial charge on any atom is 0.332 e. The number of likely N-dealkylation sites (tertiary alicyclic amines) is 1. The van der Waals surface area contributed by atoms with Crippen LogP contribution in [0.4, 0.5) is 13.6 Å². The van der Waals surface area contributed by atoms with E-state index in [2.05, 4.69) is 16.0 Å². The summed E-state index contributed by atoms with van der Waals surface area (Å²) < 4.78 is 38.0. The molecule has 1 aliphatic carbocycles. The Morgan fingerprint density at radius 1 is 1.00 bits per heavy atom. The fourth-order valence-corrected chi connectivity index (χ4v) is 5.54. The van der Waals surface area contributed by atoms with Gasteiger partial charge in [-0.3, -0.25) is 9.59 Å². The first kappa shape index (κ1) is 32.7. The highest BCUT2D eigenvalue weighted by atomic mass is 19.1. The Morgan fingerprint density at radius 2 is 1.67 bits per heavy atom. The van der Waals surface area contributed by atoms with E-state index in [0.717, 1.165) is 51.3 Å². The zero-order valence-electron chi connectivity index (χ0n) is 24.3. The van der Waals surface area contributed by atoms with Crippen LogP contribution < -0.4 is 16.0 Å². The lowest BCUT2D eigenvalue weighted by Crippen LogP contribution is -2.57. The van der Waals surface area contributed by atoms with Gasteiger partial charge in [0.05, 0.1) is 7.11 Å². The number of amides is 4. The van der Waals surface area contributed by atoms with Gasteiger partial charge in [-0.1, -0.05) is 25.7 Å². The number of carbonyl (C=O) groups excluding carboxylic acids is 5. The molecule has 42 heavy (non-hydrogen) atoms. The predicted molar refractivity (Wildman–Crippen MR) is 147 cm³/mol. The van der Waals surface area contributed by atoms with Gasteiger partial charge < -0.3 is 30.3 Å². The topological polar surface area (TPSA) is 143 Å². The van der Waals surface area contributed by atoms with Crippen molar-refractivity contribution in [2.24, 2.45) is 5.92 Å². The first-order valence-electron chi connectivity index (χ1n) is 14.3. The molecule has 2 aliphatic rings. The molecular formula is C29H40F2N4O7. The highest BCUT2D eigenvalue weighted by molar-refractivity contribution is 5.91. The summed E-state index contributed by atoms with van der Waals surface area (Å²) in [5.74, 6) is -4.00. The quantitative estimate of drug-likeness (QED) is 0.315. The van der Waals surface area contributed by atoms with Crippen molar-refractivity contribution in [1.29, 1.82) is 0 Å². The van der Waals surface area contributed by atoms with E-state index in [1.54, 1.807) is 0 Å². The molecule has 0 bridgehead atoms. The highest BCUT2D eigenvalue weighted by Crippen LogP contribution is 2.27. The molecule has 232 valence electrons. The summed E-state index contributed by atoms with van der Waals surface area (Å²) in [5, 5.41) is 7.69. The minimum atomic E-state index is -1.47. The van der Waals surface area contributed by atoms with Crippen molar-refractivity contribution >= 4 is 29.8 Å². The number of methoxy groups -OCH3 is 1. The number of ether oxygens (including phenoxy) is 2. The van der Waals surface area contributed by atoms with Crippen molar-refractivity contribution in [3.05, 3.63) is 35.4 Å². The van der Waals surface area contributed by atoms with Crippen molar-refractivity contribution in [1.82, 2.24) is 20.9 Å². The van der Waals surface area contributed by atoms with Gasteiger partial charge in [0.1, 0.15) is 29.8 Å². The van der Waals surface area contributed by atoms with E-state index in [0.29, 0.717) is 37.9 Å². The third kappa shape index (κ3) is 9.38. The van der Waals surface area contributed by atoms with E-state index in [1.807, 2.05) is 0 Å². The van der Waals surface area contributed by atoms with Crippen LogP contribution in [0, 0.1) is 17.6 Å². The fourth-order valence-electron chi connectivity index (χ4n) is 5.54. The molecule has 2 fully saturated rings. The summed E-state index contributed by atoms with van der Waals surface area (Å²) in [6.45, 7) is 3.51. The minimum Gasteiger partial charge on any atom is -0.467 e. The Morgan fingerprint density at radius 3 is 2.29 bits per heavy atom. The number of rotatable bonds is 12. The van der Waals surface area contributed by atoms with Crippen LogP contribution in [0.5, 0.6) is 0 Å². The molecule has 4 atom stereocenters. The monoisotopic (exact) mass is 594 g/mol. The number of hydrogen-bond acceptors (Lipinski definition) is 7. The van der Waals surface area contributed by atoms with Crippen LogP contribution in [0.2, 0.25) is 0 Å². The highest BCUT2D eigenvalue weighted by Gasteiger charge is 2.38. The van der Waals surface area contributed by atoms with E-state index in [1.165, 1.54) is 18.7 Å². The number of halogens is 2. The van der Waals surface area contributed by atoms with Crippen LogP contribution in [-0.2, 0) is 35.1 Å². The molecule has 1 aromatic carbocycles. The van der Waals surface area contributed by atoms with Gasteiger partial charge >= 0.3 is 18.0 Å². The van der Waals surface area contributed by atoms with Crippen LogP contribution >= 0.6 is 0 Å². The lowest BCUT2D eigenvalue weighted by Gasteiger charge is -2.28. The van der Waals surface area contributed by atoms with Crippen LogP contribution in [-0.4, -0.2) is 79.1 Å². The van der Waals surface area contributed by atoms with Crippen molar-refractivity contribution in [3.8, 4) is 0 Å².